The van der Waals surface area contributed by atoms with Gasteiger partial charge in [0.2, 0.25) is 5.91 Å². The molecule has 4 heteroatoms. The zero-order valence-electron chi connectivity index (χ0n) is 12.3. The van der Waals surface area contributed by atoms with Gasteiger partial charge in [-0.2, -0.15) is 0 Å². The second-order valence-electron chi connectivity index (χ2n) is 5.41. The number of hydrogen-bond acceptors (Lipinski definition) is 2. The second-order valence-corrected chi connectivity index (χ2v) is 5.41. The van der Waals surface area contributed by atoms with Crippen molar-refractivity contribution < 1.29 is 9.18 Å². The number of likely N-dealkylation sites (N-methyl/N-ethyl adjacent to an activating group) is 1. The largest absolute Gasteiger partial charge is 0.339 e. The Bertz CT molecular complexity index is 472. The standard InChI is InChI=1S/C16H23FN2O/c1-3-19(15-6-7-15)16(20)11-18-9-8-13-4-5-14(17)10-12(13)2/h4-5,10,15,18H,3,6-9,11H2,1-2H3. The molecule has 0 heterocycles. The van der Waals surface area contributed by atoms with Gasteiger partial charge in [0, 0.05) is 12.6 Å². The molecule has 110 valence electrons. The Hall–Kier alpha value is -1.42. The molecule has 1 N–H and O–H groups in total. The van der Waals surface area contributed by atoms with Crippen LogP contribution in [-0.4, -0.2) is 36.5 Å². The van der Waals surface area contributed by atoms with Crippen molar-refractivity contribution in [2.75, 3.05) is 19.6 Å². The van der Waals surface area contributed by atoms with E-state index in [1.165, 1.54) is 6.07 Å². The minimum atomic E-state index is -0.197. The van der Waals surface area contributed by atoms with Crippen molar-refractivity contribution in [2.24, 2.45) is 0 Å². The Morgan fingerprint density at radius 1 is 1.45 bits per heavy atom. The van der Waals surface area contributed by atoms with Gasteiger partial charge in [0.15, 0.2) is 0 Å². The maximum atomic E-state index is 13.0. The molecular formula is C16H23FN2O. The third kappa shape index (κ3) is 4.04. The lowest BCUT2D eigenvalue weighted by Crippen LogP contribution is -2.39. The average molecular weight is 278 g/mol. The molecule has 1 saturated carbocycles. The molecule has 1 amide bonds. The lowest BCUT2D eigenvalue weighted by atomic mass is 10.1. The summed E-state index contributed by atoms with van der Waals surface area (Å²) in [5, 5.41) is 3.19. The van der Waals surface area contributed by atoms with Crippen molar-refractivity contribution in [1.29, 1.82) is 0 Å². The molecule has 0 spiro atoms. The zero-order chi connectivity index (χ0) is 14.5. The van der Waals surface area contributed by atoms with Crippen LogP contribution < -0.4 is 5.32 Å². The first-order valence-electron chi connectivity index (χ1n) is 7.37. The molecule has 0 bridgehead atoms. The maximum Gasteiger partial charge on any atom is 0.236 e. The summed E-state index contributed by atoms with van der Waals surface area (Å²) in [7, 11) is 0. The monoisotopic (exact) mass is 278 g/mol. The summed E-state index contributed by atoms with van der Waals surface area (Å²) in [5.41, 5.74) is 2.09. The number of carbonyl (C=O) groups excluding carboxylic acids is 1. The molecule has 0 aromatic heterocycles. The van der Waals surface area contributed by atoms with Crippen LogP contribution >= 0.6 is 0 Å². The number of amides is 1. The van der Waals surface area contributed by atoms with E-state index in [0.29, 0.717) is 12.6 Å². The molecule has 20 heavy (non-hydrogen) atoms. The highest BCUT2D eigenvalue weighted by atomic mass is 19.1. The number of rotatable bonds is 7. The van der Waals surface area contributed by atoms with Gasteiger partial charge in [-0.25, -0.2) is 4.39 Å². The van der Waals surface area contributed by atoms with E-state index >= 15 is 0 Å². The number of hydrogen-bond donors (Lipinski definition) is 1. The quantitative estimate of drug-likeness (QED) is 0.776. The molecule has 3 nitrogen and oxygen atoms in total. The summed E-state index contributed by atoms with van der Waals surface area (Å²) in [6.07, 6.45) is 3.11. The predicted octanol–water partition coefficient (Wildman–Crippen LogP) is 2.28. The van der Waals surface area contributed by atoms with E-state index in [4.69, 9.17) is 0 Å². The van der Waals surface area contributed by atoms with Crippen LogP contribution in [-0.2, 0) is 11.2 Å². The molecular weight excluding hydrogens is 255 g/mol. The predicted molar refractivity (Wildman–Crippen MR) is 78.1 cm³/mol. The number of nitrogens with zero attached hydrogens (tertiary/aromatic N) is 1. The van der Waals surface area contributed by atoms with Crippen LogP contribution in [0.15, 0.2) is 18.2 Å². The fourth-order valence-electron chi connectivity index (χ4n) is 2.48. The summed E-state index contributed by atoms with van der Waals surface area (Å²) in [4.78, 5) is 13.9. The number of carbonyl (C=O) groups is 1. The number of halogens is 1. The van der Waals surface area contributed by atoms with Crippen molar-refractivity contribution in [3.05, 3.63) is 35.1 Å². The molecule has 0 aliphatic heterocycles. The van der Waals surface area contributed by atoms with E-state index in [9.17, 15) is 9.18 Å². The normalized spacial score (nSPS) is 14.3. The third-order valence-corrected chi connectivity index (χ3v) is 3.80. The van der Waals surface area contributed by atoms with Crippen molar-refractivity contribution in [1.82, 2.24) is 10.2 Å². The smallest absolute Gasteiger partial charge is 0.236 e. The summed E-state index contributed by atoms with van der Waals surface area (Å²) in [6.45, 7) is 5.86. The van der Waals surface area contributed by atoms with Crippen molar-refractivity contribution in [2.45, 2.75) is 39.2 Å². The first kappa shape index (κ1) is 15.0. The van der Waals surface area contributed by atoms with Crippen LogP contribution in [0, 0.1) is 12.7 Å². The van der Waals surface area contributed by atoms with E-state index in [2.05, 4.69) is 5.32 Å². The van der Waals surface area contributed by atoms with Crippen LogP contribution in [0.2, 0.25) is 0 Å². The Kier molecular flexibility index (Phi) is 5.12. The fraction of sp³-hybridized carbons (Fsp3) is 0.562. The van der Waals surface area contributed by atoms with Gasteiger partial charge < -0.3 is 10.2 Å². The molecule has 1 aromatic carbocycles. The van der Waals surface area contributed by atoms with Crippen LogP contribution in [0.3, 0.4) is 0 Å². The Morgan fingerprint density at radius 2 is 2.20 bits per heavy atom. The van der Waals surface area contributed by atoms with Crippen molar-refractivity contribution in [3.63, 3.8) is 0 Å². The van der Waals surface area contributed by atoms with E-state index in [-0.39, 0.29) is 11.7 Å². The molecule has 0 unspecified atom stereocenters. The van der Waals surface area contributed by atoms with E-state index in [0.717, 1.165) is 43.5 Å². The number of benzene rings is 1. The van der Waals surface area contributed by atoms with Gasteiger partial charge in [-0.3, -0.25) is 4.79 Å². The van der Waals surface area contributed by atoms with E-state index in [1.54, 1.807) is 6.07 Å². The van der Waals surface area contributed by atoms with E-state index in [1.807, 2.05) is 24.8 Å². The van der Waals surface area contributed by atoms with Crippen LogP contribution in [0.1, 0.15) is 30.9 Å². The lowest BCUT2D eigenvalue weighted by molar-refractivity contribution is -0.130. The molecule has 1 fully saturated rings. The number of nitrogens with one attached hydrogen (secondary N) is 1. The summed E-state index contributed by atoms with van der Waals surface area (Å²) in [5.74, 6) is -0.0109. The molecule has 2 rings (SSSR count). The molecule has 0 saturated heterocycles. The zero-order valence-corrected chi connectivity index (χ0v) is 12.3. The van der Waals surface area contributed by atoms with E-state index < -0.39 is 0 Å². The van der Waals surface area contributed by atoms with Gasteiger partial charge in [0.25, 0.3) is 0 Å². The Morgan fingerprint density at radius 3 is 2.80 bits per heavy atom. The van der Waals surface area contributed by atoms with Crippen molar-refractivity contribution >= 4 is 5.91 Å². The summed E-state index contributed by atoms with van der Waals surface area (Å²) in [6, 6.07) is 5.33. The van der Waals surface area contributed by atoms with Gasteiger partial charge in [0.1, 0.15) is 5.82 Å². The Labute approximate surface area is 120 Å². The highest BCUT2D eigenvalue weighted by molar-refractivity contribution is 5.78. The molecule has 1 aliphatic carbocycles. The average Bonchev–Trinajstić information content (AvgIpc) is 3.22. The third-order valence-electron chi connectivity index (χ3n) is 3.80. The van der Waals surface area contributed by atoms with Gasteiger partial charge in [-0.1, -0.05) is 6.07 Å². The maximum absolute atomic E-state index is 13.0. The van der Waals surface area contributed by atoms with Gasteiger partial charge >= 0.3 is 0 Å². The topological polar surface area (TPSA) is 32.3 Å². The minimum absolute atomic E-state index is 0.186. The first-order valence-corrected chi connectivity index (χ1v) is 7.37. The number of aryl methyl sites for hydroxylation is 1. The Balaban J connectivity index is 1.71. The van der Waals surface area contributed by atoms with Crippen LogP contribution in [0.25, 0.3) is 0 Å². The first-order chi connectivity index (χ1) is 9.61. The molecule has 1 aliphatic rings. The lowest BCUT2D eigenvalue weighted by Gasteiger charge is -2.20. The summed E-state index contributed by atoms with van der Waals surface area (Å²) >= 11 is 0. The highest BCUT2D eigenvalue weighted by Gasteiger charge is 2.30. The van der Waals surface area contributed by atoms with Gasteiger partial charge in [0.05, 0.1) is 6.54 Å². The fourth-order valence-corrected chi connectivity index (χ4v) is 2.48. The van der Waals surface area contributed by atoms with Gasteiger partial charge in [-0.15, -0.1) is 0 Å². The highest BCUT2D eigenvalue weighted by Crippen LogP contribution is 2.26. The molecule has 0 radical (unpaired) electrons. The van der Waals surface area contributed by atoms with Crippen LogP contribution in [0.4, 0.5) is 4.39 Å². The van der Waals surface area contributed by atoms with Crippen LogP contribution in [0.5, 0.6) is 0 Å². The summed E-state index contributed by atoms with van der Waals surface area (Å²) < 4.78 is 13.0. The SMILES string of the molecule is CCN(C(=O)CNCCc1ccc(F)cc1C)C1CC1. The second kappa shape index (κ2) is 6.84. The molecule has 1 aromatic rings. The van der Waals surface area contributed by atoms with Crippen molar-refractivity contribution in [3.8, 4) is 0 Å². The molecule has 0 atom stereocenters. The van der Waals surface area contributed by atoms with Gasteiger partial charge in [-0.05, 0) is 62.9 Å². The minimum Gasteiger partial charge on any atom is -0.339 e.